The van der Waals surface area contributed by atoms with Gasteiger partial charge in [0.1, 0.15) is 22.7 Å². The first-order chi connectivity index (χ1) is 28.8. The number of hydrogen-bond donors (Lipinski definition) is 3. The molecule has 5 aliphatic heterocycles. The second kappa shape index (κ2) is 14.1. The van der Waals surface area contributed by atoms with Crippen LogP contribution in [-0.4, -0.2) is 116 Å². The van der Waals surface area contributed by atoms with Crippen molar-refractivity contribution in [1.29, 1.82) is 0 Å². The number of rotatable bonds is 8. The number of H-pyrrole nitrogens is 1. The number of piperidine rings is 1. The summed E-state index contributed by atoms with van der Waals surface area (Å²) in [6.07, 6.45) is 6.61. The number of esters is 3. The van der Waals surface area contributed by atoms with E-state index < -0.39 is 63.4 Å². The van der Waals surface area contributed by atoms with Crippen molar-refractivity contribution in [3.63, 3.8) is 0 Å². The van der Waals surface area contributed by atoms with Gasteiger partial charge in [-0.15, -0.1) is 0 Å². The average molecular weight is 824 g/mol. The van der Waals surface area contributed by atoms with E-state index in [0.29, 0.717) is 81.7 Å². The predicted molar refractivity (Wildman–Crippen MR) is 222 cm³/mol. The SMILES string of the molecule is CC[C@]1(O)C[C@H]2C[N@](CCc3c([nH]c4ccccc34)[C@@](C(=O)OC)(c3cc4c(cc3OC)N(C=O)[C@H]3[C@@](C)(C(=O)OC)[C@H](OC(C)=O)[C@]5(CC)C=CNN6CC[C@]43[C@@H]65)C2)C1. The van der Waals surface area contributed by atoms with Crippen LogP contribution in [0.3, 0.4) is 0 Å². The lowest BCUT2D eigenvalue weighted by atomic mass is 9.45. The number of nitrogens with zero attached hydrogens (tertiary/aromatic N) is 3. The number of amides is 1. The molecule has 1 amide bonds. The van der Waals surface area contributed by atoms with Crippen molar-refractivity contribution in [3.8, 4) is 5.75 Å². The highest BCUT2D eigenvalue weighted by atomic mass is 16.6. The lowest BCUT2D eigenvalue weighted by molar-refractivity contribution is -0.205. The van der Waals surface area contributed by atoms with Gasteiger partial charge in [0.15, 0.2) is 0 Å². The summed E-state index contributed by atoms with van der Waals surface area (Å²) in [4.78, 5) is 64.6. The van der Waals surface area contributed by atoms with Gasteiger partial charge in [0.05, 0.1) is 44.7 Å². The van der Waals surface area contributed by atoms with Gasteiger partial charge in [0, 0.05) is 78.4 Å². The van der Waals surface area contributed by atoms with Gasteiger partial charge in [-0.05, 0) is 74.6 Å². The summed E-state index contributed by atoms with van der Waals surface area (Å²) in [5.41, 5.74) is 2.13. The molecule has 1 saturated carbocycles. The van der Waals surface area contributed by atoms with Gasteiger partial charge in [-0.1, -0.05) is 38.1 Å². The second-order valence-electron chi connectivity index (χ2n) is 18.3. The maximum atomic E-state index is 15.4. The molecule has 2 aromatic carbocycles. The van der Waals surface area contributed by atoms with Gasteiger partial charge < -0.3 is 39.4 Å². The van der Waals surface area contributed by atoms with E-state index in [9.17, 15) is 19.5 Å². The lowest BCUT2D eigenvalue weighted by Gasteiger charge is -2.64. The van der Waals surface area contributed by atoms with Crippen LogP contribution in [0.2, 0.25) is 0 Å². The highest BCUT2D eigenvalue weighted by Gasteiger charge is 2.80. The van der Waals surface area contributed by atoms with Gasteiger partial charge in [-0.25, -0.2) is 5.01 Å². The third-order valence-electron chi connectivity index (χ3n) is 15.7. The van der Waals surface area contributed by atoms with Crippen molar-refractivity contribution < 1.29 is 43.2 Å². The number of carbonyl (C=O) groups is 4. The molecule has 1 aliphatic carbocycles. The molecule has 6 aliphatic rings. The van der Waals surface area contributed by atoms with E-state index in [1.54, 1.807) is 18.9 Å². The zero-order chi connectivity index (χ0) is 42.6. The lowest BCUT2D eigenvalue weighted by Crippen LogP contribution is -2.78. The minimum absolute atomic E-state index is 0.125. The summed E-state index contributed by atoms with van der Waals surface area (Å²) in [5.74, 6) is -1.37. The minimum atomic E-state index is -1.56. The van der Waals surface area contributed by atoms with E-state index >= 15 is 4.79 Å². The Balaban J connectivity index is 1.38. The van der Waals surface area contributed by atoms with E-state index in [0.717, 1.165) is 34.1 Å². The maximum absolute atomic E-state index is 15.4. The molecule has 0 radical (unpaired) electrons. The smallest absolute Gasteiger partial charge is 0.322 e. The summed E-state index contributed by atoms with van der Waals surface area (Å²) < 4.78 is 24.2. The molecule has 14 heteroatoms. The van der Waals surface area contributed by atoms with E-state index in [-0.39, 0.29) is 5.92 Å². The summed E-state index contributed by atoms with van der Waals surface area (Å²) in [5, 5.41) is 15.1. The maximum Gasteiger partial charge on any atom is 0.322 e. The Bertz CT molecular complexity index is 2310. The van der Waals surface area contributed by atoms with Gasteiger partial charge in [0.25, 0.3) is 0 Å². The van der Waals surface area contributed by atoms with Gasteiger partial charge in [0.2, 0.25) is 6.41 Å². The molecule has 2 saturated heterocycles. The van der Waals surface area contributed by atoms with E-state index in [2.05, 4.69) is 26.4 Å². The van der Waals surface area contributed by atoms with Crippen molar-refractivity contribution in [2.75, 3.05) is 52.4 Å². The molecular weight excluding hydrogens is 767 g/mol. The predicted octanol–water partition coefficient (Wildman–Crippen LogP) is 4.25. The number of carbonyl (C=O) groups excluding carboxylic acids is 4. The van der Waals surface area contributed by atoms with Gasteiger partial charge >= 0.3 is 17.9 Å². The molecule has 60 heavy (non-hydrogen) atoms. The Hall–Kier alpha value is -4.92. The number of para-hydroxylation sites is 1. The molecule has 2 bridgehead atoms. The first kappa shape index (κ1) is 40.5. The fourth-order valence-corrected chi connectivity index (χ4v) is 13.5. The molecule has 320 valence electrons. The first-order valence-electron chi connectivity index (χ1n) is 21.3. The highest BCUT2D eigenvalue weighted by molar-refractivity contribution is 5.96. The Morgan fingerprint density at radius 3 is 2.43 bits per heavy atom. The number of anilines is 1. The molecule has 0 unspecified atom stereocenters. The number of hydrogen-bond acceptors (Lipinski definition) is 12. The second-order valence-corrected chi connectivity index (χ2v) is 18.3. The number of benzene rings is 2. The first-order valence-corrected chi connectivity index (χ1v) is 21.3. The van der Waals surface area contributed by atoms with Crippen LogP contribution < -0.4 is 15.1 Å². The summed E-state index contributed by atoms with van der Waals surface area (Å²) in [6.45, 7) is 9.62. The standard InChI is InChI=1S/C46H57N5O9/c1-8-43(56)22-28-23-46(41(55)59-7,36-30(14-18-49(24-28)25-43)29-12-10-11-13-33(29)48-36)32-20-31-34(21-35(32)57-5)50(26-52)37-42(4,40(54)58-6)39(60-27(3)53)44(9-2)15-17-47-51-19-16-45(31,37)38(44)51/h10-13,15,17,20-21,26,28,37-39,47-48,56H,8-9,14,16,18-19,22-25H2,1-7H3/t28-,37+,38+,39+,42-,43+,44-,45+,46+/m1/s1. The minimum Gasteiger partial charge on any atom is -0.496 e. The van der Waals surface area contributed by atoms with E-state index in [1.807, 2.05) is 56.5 Å². The van der Waals surface area contributed by atoms with Gasteiger partial charge in [-0.2, -0.15) is 0 Å². The van der Waals surface area contributed by atoms with Crippen LogP contribution >= 0.6 is 0 Å². The normalized spacial score (nSPS) is 36.3. The Labute approximate surface area is 350 Å². The molecule has 3 N–H and O–H groups in total. The molecule has 14 nitrogen and oxygen atoms in total. The number of hydrazine groups is 1. The topological polar surface area (TPSA) is 163 Å². The number of aliphatic hydroxyl groups is 1. The summed E-state index contributed by atoms with van der Waals surface area (Å²) in [6, 6.07) is 10.7. The Morgan fingerprint density at radius 2 is 1.75 bits per heavy atom. The molecule has 1 spiro atoms. The summed E-state index contributed by atoms with van der Waals surface area (Å²) in [7, 11) is 4.30. The van der Waals surface area contributed by atoms with Crippen molar-refractivity contribution in [2.24, 2.45) is 16.7 Å². The van der Waals surface area contributed by atoms with Crippen molar-refractivity contribution >= 4 is 40.9 Å². The Kier molecular flexibility index (Phi) is 9.49. The molecular formula is C46H57N5O9. The zero-order valence-corrected chi connectivity index (χ0v) is 35.6. The number of ether oxygens (including phenoxy) is 4. The number of aromatic amines is 1. The van der Waals surface area contributed by atoms with Crippen LogP contribution in [0.4, 0.5) is 5.69 Å². The number of methoxy groups -OCH3 is 3. The van der Waals surface area contributed by atoms with Crippen molar-refractivity contribution in [2.45, 2.75) is 101 Å². The average Bonchev–Trinajstić information content (AvgIpc) is 3.92. The molecule has 10 atom stereocenters. The number of aromatic nitrogens is 1. The van der Waals surface area contributed by atoms with Crippen LogP contribution in [0.1, 0.15) is 82.2 Å². The van der Waals surface area contributed by atoms with Gasteiger partial charge in [-0.3, -0.25) is 24.1 Å². The fourth-order valence-electron chi connectivity index (χ4n) is 13.5. The third-order valence-corrected chi connectivity index (χ3v) is 15.7. The zero-order valence-electron chi connectivity index (χ0n) is 35.6. The molecule has 6 heterocycles. The number of nitrogens with one attached hydrogen (secondary N) is 2. The number of fused-ring (bicyclic) bond motifs is 6. The largest absolute Gasteiger partial charge is 0.496 e. The summed E-state index contributed by atoms with van der Waals surface area (Å²) >= 11 is 0. The van der Waals surface area contributed by atoms with E-state index in [4.69, 9.17) is 18.9 Å². The molecule has 3 fully saturated rings. The van der Waals surface area contributed by atoms with Crippen LogP contribution in [0.25, 0.3) is 10.9 Å². The van der Waals surface area contributed by atoms with Crippen LogP contribution in [-0.2, 0) is 50.6 Å². The molecule has 9 rings (SSSR count). The monoisotopic (exact) mass is 823 g/mol. The quantitative estimate of drug-likeness (QED) is 0.169. The van der Waals surface area contributed by atoms with Crippen LogP contribution in [0.5, 0.6) is 5.75 Å². The van der Waals surface area contributed by atoms with Crippen molar-refractivity contribution in [3.05, 3.63) is 71.1 Å². The third kappa shape index (κ3) is 5.16. The molecule has 1 aromatic heterocycles. The van der Waals surface area contributed by atoms with E-state index in [1.165, 1.54) is 21.1 Å². The van der Waals surface area contributed by atoms with Crippen LogP contribution in [0, 0.1) is 16.7 Å². The van der Waals surface area contributed by atoms with Crippen LogP contribution in [0.15, 0.2) is 48.7 Å². The fraction of sp³-hybridized carbons (Fsp3) is 0.565. The van der Waals surface area contributed by atoms with Crippen molar-refractivity contribution in [1.82, 2.24) is 20.3 Å². The Morgan fingerprint density at radius 1 is 0.983 bits per heavy atom. The highest BCUT2D eigenvalue weighted by Crippen LogP contribution is 2.70. The molecule has 3 aromatic rings.